The van der Waals surface area contributed by atoms with Crippen LogP contribution >= 0.6 is 0 Å². The number of esters is 4. The summed E-state index contributed by atoms with van der Waals surface area (Å²) in [5.74, 6) is -2.74. The molecule has 0 spiro atoms. The molecule has 0 bridgehead atoms. The molecule has 0 aliphatic carbocycles. The third kappa shape index (κ3) is 36.9. The van der Waals surface area contributed by atoms with Crippen molar-refractivity contribution in [1.29, 1.82) is 0 Å². The first-order valence-electron chi connectivity index (χ1n) is 34.8. The second-order valence-electron chi connectivity index (χ2n) is 26.3. The normalized spacial score (nSPS) is 18.2. The molecule has 1 aliphatic rings. The van der Waals surface area contributed by atoms with Crippen LogP contribution in [0.3, 0.4) is 0 Å². The van der Waals surface area contributed by atoms with Gasteiger partial charge in [-0.05, 0) is 62.2 Å². The number of carbonyl (C=O) groups is 5. The van der Waals surface area contributed by atoms with Gasteiger partial charge in [0.25, 0.3) is 0 Å². The molecule has 1 saturated heterocycles. The Morgan fingerprint density at radius 3 is 1.45 bits per heavy atom. The minimum Gasteiger partial charge on any atom is -0.462 e. The molecule has 0 saturated carbocycles. The van der Waals surface area contributed by atoms with E-state index in [9.17, 15) is 29.1 Å². The SMILES string of the molecule is CCCCCCCCCCC[C@H](CC(=O)NC1C(OC[C@@H](N)C(=O)OCc2ccccc2)OC(CO[Si](C)(C)C(C)(C)C)C(O)C1OC(=O)C[C@@H](CCCCCCCCCCC)OC(=O)CCCCCCCCC)OC(=O)CCCCCCCCC. The van der Waals surface area contributed by atoms with Crippen molar-refractivity contribution in [1.82, 2.24) is 5.32 Å². The average molecular weight is 1230 g/mol. The Morgan fingerprint density at radius 1 is 0.593 bits per heavy atom. The van der Waals surface area contributed by atoms with Crippen LogP contribution in [0.2, 0.25) is 18.1 Å². The zero-order chi connectivity index (χ0) is 63.3. The van der Waals surface area contributed by atoms with Crippen LogP contribution in [0.4, 0.5) is 0 Å². The first-order valence-corrected chi connectivity index (χ1v) is 37.7. The highest BCUT2D eigenvalue weighted by Gasteiger charge is 2.50. The summed E-state index contributed by atoms with van der Waals surface area (Å²) in [5, 5.41) is 15.2. The van der Waals surface area contributed by atoms with Crippen molar-refractivity contribution >= 4 is 38.1 Å². The lowest BCUT2D eigenvalue weighted by Gasteiger charge is -2.45. The first kappa shape index (κ1) is 78.7. The van der Waals surface area contributed by atoms with Gasteiger partial charge in [-0.2, -0.15) is 0 Å². The summed E-state index contributed by atoms with van der Waals surface area (Å²) in [6, 6.07) is 6.56. The Morgan fingerprint density at radius 2 is 1.01 bits per heavy atom. The number of hydrogen-bond donors (Lipinski definition) is 3. The van der Waals surface area contributed by atoms with E-state index in [1.165, 1.54) is 103 Å². The first-order chi connectivity index (χ1) is 41.3. The van der Waals surface area contributed by atoms with Crippen LogP contribution in [-0.2, 0) is 63.4 Å². The van der Waals surface area contributed by atoms with Crippen molar-refractivity contribution in [2.45, 2.75) is 366 Å². The van der Waals surface area contributed by atoms with Crippen LogP contribution in [0, 0.1) is 0 Å². The maximum Gasteiger partial charge on any atom is 0.325 e. The Balaban J connectivity index is 2.54. The number of unbranched alkanes of at least 4 members (excludes halogenated alkanes) is 28. The van der Waals surface area contributed by atoms with Crippen LogP contribution in [0.1, 0.15) is 298 Å². The largest absolute Gasteiger partial charge is 0.462 e. The van der Waals surface area contributed by atoms with Gasteiger partial charge in [0.1, 0.15) is 43.1 Å². The van der Waals surface area contributed by atoms with Crippen LogP contribution in [0.15, 0.2) is 30.3 Å². The molecular formula is C70H126N2O13Si. The zero-order valence-electron chi connectivity index (χ0n) is 55.9. The third-order valence-corrected chi connectivity index (χ3v) is 21.8. The number of carbonyl (C=O) groups excluding carboxylic acids is 5. The number of hydrogen-bond acceptors (Lipinski definition) is 14. The van der Waals surface area contributed by atoms with E-state index in [-0.39, 0.29) is 55.9 Å². The van der Waals surface area contributed by atoms with Crippen molar-refractivity contribution < 1.29 is 61.9 Å². The number of amides is 1. The fourth-order valence-corrected chi connectivity index (χ4v) is 11.7. The van der Waals surface area contributed by atoms with Gasteiger partial charge >= 0.3 is 23.9 Å². The predicted molar refractivity (Wildman–Crippen MR) is 348 cm³/mol. The highest BCUT2D eigenvalue weighted by molar-refractivity contribution is 6.74. The molecule has 8 atom stereocenters. The lowest BCUT2D eigenvalue weighted by Crippen LogP contribution is -2.66. The summed E-state index contributed by atoms with van der Waals surface area (Å²) in [6.07, 6.45) is 28.3. The monoisotopic (exact) mass is 1230 g/mol. The molecule has 2 rings (SSSR count). The Bertz CT molecular complexity index is 1900. The smallest absolute Gasteiger partial charge is 0.325 e. The van der Waals surface area contributed by atoms with E-state index in [0.29, 0.717) is 25.7 Å². The summed E-state index contributed by atoms with van der Waals surface area (Å²) in [5.41, 5.74) is 7.21. The van der Waals surface area contributed by atoms with Crippen LogP contribution in [-0.4, -0.2) is 105 Å². The third-order valence-electron chi connectivity index (χ3n) is 17.3. The van der Waals surface area contributed by atoms with E-state index >= 15 is 0 Å². The van der Waals surface area contributed by atoms with Gasteiger partial charge in [0.05, 0.1) is 26.1 Å². The topological polar surface area (TPSA) is 208 Å². The Labute approximate surface area is 524 Å². The van der Waals surface area contributed by atoms with E-state index in [1.807, 2.05) is 30.3 Å². The number of rotatable bonds is 53. The zero-order valence-corrected chi connectivity index (χ0v) is 56.9. The van der Waals surface area contributed by atoms with Gasteiger partial charge < -0.3 is 49.0 Å². The lowest BCUT2D eigenvalue weighted by molar-refractivity contribution is -0.274. The van der Waals surface area contributed by atoms with Crippen molar-refractivity contribution in [3.63, 3.8) is 0 Å². The van der Waals surface area contributed by atoms with Gasteiger partial charge in [-0.25, -0.2) is 0 Å². The van der Waals surface area contributed by atoms with Crippen LogP contribution in [0.5, 0.6) is 0 Å². The number of ether oxygens (including phenoxy) is 6. The van der Waals surface area contributed by atoms with Crippen molar-refractivity contribution in [3.8, 4) is 0 Å². The molecule has 86 heavy (non-hydrogen) atoms. The van der Waals surface area contributed by atoms with Gasteiger partial charge in [-0.3, -0.25) is 24.0 Å². The van der Waals surface area contributed by atoms with Crippen LogP contribution < -0.4 is 11.1 Å². The summed E-state index contributed by atoms with van der Waals surface area (Å²) in [6.45, 7) is 18.7. The standard InChI is InChI=1S/C70H126N2O13Si/c1-10-14-18-22-26-28-32-34-41-47-57(82-62(74)49-43-36-30-24-20-16-12-3)51-61(73)72-65-67(85-64(76)52-58(48-42-35-33-29-27-23-19-15-11-2)83-63(75)50-44-37-31-25-21-17-13-4)66(77)60(55-81-86(8,9)70(5,6)7)84-69(65)80-54-59(71)68(78)79-53-56-45-39-38-40-46-56/h38-40,45-46,57-60,65-67,69,77H,10-37,41-44,47-55,71H2,1-9H3,(H,72,73)/t57-,58-,59-,60?,65?,66?,67?,69?/m1/s1. The molecule has 0 aromatic heterocycles. The lowest BCUT2D eigenvalue weighted by atomic mass is 9.96. The van der Waals surface area contributed by atoms with E-state index in [4.69, 9.17) is 38.6 Å². The summed E-state index contributed by atoms with van der Waals surface area (Å²) >= 11 is 0. The highest BCUT2D eigenvalue weighted by Crippen LogP contribution is 2.38. The van der Waals surface area contributed by atoms with Crippen LogP contribution in [0.25, 0.3) is 0 Å². The molecule has 16 heteroatoms. The molecule has 5 unspecified atom stereocenters. The van der Waals surface area contributed by atoms with Crippen molar-refractivity contribution in [2.75, 3.05) is 13.2 Å². The number of nitrogens with one attached hydrogen (secondary N) is 1. The van der Waals surface area contributed by atoms with E-state index in [1.54, 1.807) is 0 Å². The number of benzene rings is 1. The number of nitrogens with two attached hydrogens (primary N) is 1. The second kappa shape index (κ2) is 48.4. The van der Waals surface area contributed by atoms with Gasteiger partial charge in [0.2, 0.25) is 5.91 Å². The van der Waals surface area contributed by atoms with Gasteiger partial charge in [0, 0.05) is 12.8 Å². The van der Waals surface area contributed by atoms with Crippen molar-refractivity contribution in [3.05, 3.63) is 35.9 Å². The molecule has 1 amide bonds. The molecule has 1 aromatic rings. The van der Waals surface area contributed by atoms with Gasteiger partial charge in [-0.15, -0.1) is 0 Å². The minimum atomic E-state index is -2.47. The van der Waals surface area contributed by atoms with E-state index in [2.05, 4.69) is 66.9 Å². The predicted octanol–water partition coefficient (Wildman–Crippen LogP) is 16.3. The number of aliphatic hydroxyl groups excluding tert-OH is 1. The molecule has 1 aromatic carbocycles. The molecule has 0 radical (unpaired) electrons. The molecule has 4 N–H and O–H groups in total. The maximum atomic E-state index is 14.7. The molecule has 1 heterocycles. The minimum absolute atomic E-state index is 0.0124. The Kier molecular flexibility index (Phi) is 44.3. The number of aliphatic hydroxyl groups is 1. The molecule has 15 nitrogen and oxygen atoms in total. The molecular weight excluding hydrogens is 1100 g/mol. The van der Waals surface area contributed by atoms with E-state index < -0.39 is 81.7 Å². The molecule has 1 fully saturated rings. The van der Waals surface area contributed by atoms with Gasteiger partial charge in [0.15, 0.2) is 20.7 Å². The second-order valence-corrected chi connectivity index (χ2v) is 31.1. The maximum absolute atomic E-state index is 14.7. The fraction of sp³-hybridized carbons (Fsp3) is 0.843. The highest BCUT2D eigenvalue weighted by atomic mass is 28.4. The van der Waals surface area contributed by atoms with E-state index in [0.717, 1.165) is 95.5 Å². The van der Waals surface area contributed by atoms with Gasteiger partial charge in [-0.1, -0.05) is 259 Å². The quantitative estimate of drug-likeness (QED) is 0.0240. The summed E-state index contributed by atoms with van der Waals surface area (Å²) in [4.78, 5) is 69.6. The molecule has 1 aliphatic heterocycles. The average Bonchev–Trinajstić information content (AvgIpc) is 1.12. The fourth-order valence-electron chi connectivity index (χ4n) is 10.7. The van der Waals surface area contributed by atoms with Crippen molar-refractivity contribution in [2.24, 2.45) is 5.73 Å². The summed E-state index contributed by atoms with van der Waals surface area (Å²) in [7, 11) is -2.47. The Hall–Kier alpha value is -3.41. The molecule has 498 valence electrons. The summed E-state index contributed by atoms with van der Waals surface area (Å²) < 4.78 is 43.7.